The quantitative estimate of drug-likeness (QED) is 0.636. The van der Waals surface area contributed by atoms with E-state index in [1.807, 2.05) is 9.80 Å². The number of carbonyl (C=O) groups excluding carboxylic acids is 1. The van der Waals surface area contributed by atoms with Gasteiger partial charge in [-0.15, -0.1) is 0 Å². The number of piperazine rings is 1. The molecule has 2 aromatic rings. The van der Waals surface area contributed by atoms with Crippen LogP contribution in [-0.4, -0.2) is 43.5 Å². The van der Waals surface area contributed by atoms with E-state index < -0.39 is 23.5 Å². The minimum Gasteiger partial charge on any atom is -0.369 e. The van der Waals surface area contributed by atoms with Gasteiger partial charge in [0.1, 0.15) is 0 Å². The van der Waals surface area contributed by atoms with Crippen molar-refractivity contribution in [2.24, 2.45) is 0 Å². The Labute approximate surface area is 181 Å². The van der Waals surface area contributed by atoms with Crippen LogP contribution in [0.2, 0.25) is 0 Å². The number of alkyl halides is 6. The first-order valence-electron chi connectivity index (χ1n) is 10.1. The fourth-order valence-corrected chi connectivity index (χ4v) is 3.68. The largest absolute Gasteiger partial charge is 0.416 e. The zero-order chi connectivity index (χ0) is 23.5. The number of hydrogen-bond donors (Lipinski definition) is 1. The lowest BCUT2D eigenvalue weighted by Crippen LogP contribution is -2.47. The van der Waals surface area contributed by atoms with Crippen molar-refractivity contribution in [1.82, 2.24) is 4.90 Å². The molecule has 0 radical (unpaired) electrons. The van der Waals surface area contributed by atoms with Gasteiger partial charge in [-0.3, -0.25) is 9.69 Å². The van der Waals surface area contributed by atoms with Crippen molar-refractivity contribution >= 4 is 17.3 Å². The van der Waals surface area contributed by atoms with Crippen LogP contribution < -0.4 is 10.2 Å². The highest BCUT2D eigenvalue weighted by atomic mass is 19.4. The number of nitrogens with one attached hydrogen (secondary N) is 1. The molecular weight excluding hydrogens is 436 g/mol. The first-order valence-corrected chi connectivity index (χ1v) is 10.1. The van der Waals surface area contributed by atoms with Crippen molar-refractivity contribution < 1.29 is 31.1 Å². The molecule has 1 fully saturated rings. The minimum absolute atomic E-state index is 0.295. The van der Waals surface area contributed by atoms with E-state index in [-0.39, 0.29) is 5.91 Å². The van der Waals surface area contributed by atoms with E-state index in [1.165, 1.54) is 19.1 Å². The fraction of sp³-hybridized carbons (Fsp3) is 0.409. The zero-order valence-electron chi connectivity index (χ0n) is 17.4. The molecule has 0 aromatic heterocycles. The van der Waals surface area contributed by atoms with Crippen molar-refractivity contribution in [3.63, 3.8) is 0 Å². The van der Waals surface area contributed by atoms with Gasteiger partial charge in [-0.1, -0.05) is 6.07 Å². The predicted molar refractivity (Wildman–Crippen MR) is 110 cm³/mol. The molecule has 32 heavy (non-hydrogen) atoms. The summed E-state index contributed by atoms with van der Waals surface area (Å²) >= 11 is 0. The summed E-state index contributed by atoms with van der Waals surface area (Å²) in [7, 11) is 0. The summed E-state index contributed by atoms with van der Waals surface area (Å²) in [6.45, 7) is 3.87. The lowest BCUT2D eigenvalue weighted by Gasteiger charge is -2.36. The fourth-order valence-electron chi connectivity index (χ4n) is 3.68. The normalized spacial score (nSPS) is 15.7. The monoisotopic (exact) mass is 459 g/mol. The van der Waals surface area contributed by atoms with Crippen LogP contribution in [0.25, 0.3) is 0 Å². The van der Waals surface area contributed by atoms with Gasteiger partial charge in [0.2, 0.25) is 5.91 Å². The van der Waals surface area contributed by atoms with Gasteiger partial charge in [-0.25, -0.2) is 0 Å². The lowest BCUT2D eigenvalue weighted by atomic mass is 10.0. The Balaban J connectivity index is 1.63. The minimum atomic E-state index is -4.49. The molecule has 2 aromatic carbocycles. The summed E-state index contributed by atoms with van der Waals surface area (Å²) in [6.07, 6.45) is -8.60. The van der Waals surface area contributed by atoms with Gasteiger partial charge >= 0.3 is 12.4 Å². The molecule has 10 heteroatoms. The molecule has 0 unspecified atom stereocenters. The Bertz CT molecular complexity index is 949. The maximum absolute atomic E-state index is 13.1. The smallest absolute Gasteiger partial charge is 0.369 e. The van der Waals surface area contributed by atoms with Crippen molar-refractivity contribution in [3.8, 4) is 0 Å². The molecule has 1 aliphatic rings. The highest BCUT2D eigenvalue weighted by Gasteiger charge is 2.32. The molecule has 0 spiro atoms. The van der Waals surface area contributed by atoms with Crippen LogP contribution in [0, 0.1) is 0 Å². The Hall–Kier alpha value is -2.75. The number of hydrogen-bond acceptors (Lipinski definition) is 3. The molecule has 0 atom stereocenters. The Morgan fingerprint density at radius 1 is 0.906 bits per heavy atom. The lowest BCUT2D eigenvalue weighted by molar-refractivity contribution is -0.138. The molecule has 1 aliphatic heterocycles. The van der Waals surface area contributed by atoms with Gasteiger partial charge in [0.25, 0.3) is 0 Å². The Morgan fingerprint density at radius 3 is 2.12 bits per heavy atom. The van der Waals surface area contributed by atoms with Crippen molar-refractivity contribution in [2.75, 3.05) is 42.9 Å². The number of rotatable bonds is 5. The second-order valence-electron chi connectivity index (χ2n) is 7.68. The average molecular weight is 459 g/mol. The first-order chi connectivity index (χ1) is 14.9. The second kappa shape index (κ2) is 9.40. The SMILES string of the molecule is CC(=O)Nc1ccc(C(F)(F)F)cc1CCN1CCN(c2cccc(C(F)(F)F)c2)CC1. The topological polar surface area (TPSA) is 35.6 Å². The third-order valence-electron chi connectivity index (χ3n) is 5.35. The summed E-state index contributed by atoms with van der Waals surface area (Å²) in [5.41, 5.74) is -0.267. The molecule has 0 saturated carbocycles. The van der Waals surface area contributed by atoms with E-state index in [2.05, 4.69) is 5.32 Å². The van der Waals surface area contributed by atoms with E-state index in [1.54, 1.807) is 6.07 Å². The number of halogens is 6. The summed E-state index contributed by atoms with van der Waals surface area (Å²) in [4.78, 5) is 15.3. The van der Waals surface area contributed by atoms with Crippen LogP contribution in [0.1, 0.15) is 23.6 Å². The standard InChI is InChI=1S/C22H23F6N3O/c1-15(32)29-20-6-5-18(22(26,27)28)13-16(20)7-8-30-9-11-31(12-10-30)19-4-2-3-17(14-19)21(23,24)25/h2-6,13-14H,7-12H2,1H3,(H,29,32). The number of benzene rings is 2. The maximum atomic E-state index is 13.1. The molecule has 1 heterocycles. The number of carbonyl (C=O) groups is 1. The zero-order valence-corrected chi connectivity index (χ0v) is 17.4. The highest BCUT2D eigenvalue weighted by molar-refractivity contribution is 5.89. The first kappa shape index (κ1) is 23.9. The van der Waals surface area contributed by atoms with Crippen LogP contribution in [0.5, 0.6) is 0 Å². The van der Waals surface area contributed by atoms with Gasteiger partial charge in [-0.2, -0.15) is 26.3 Å². The third-order valence-corrected chi connectivity index (χ3v) is 5.35. The van der Waals surface area contributed by atoms with Crippen LogP contribution in [-0.2, 0) is 23.6 Å². The molecule has 1 saturated heterocycles. The van der Waals surface area contributed by atoms with E-state index in [4.69, 9.17) is 0 Å². The molecule has 4 nitrogen and oxygen atoms in total. The summed E-state index contributed by atoms with van der Waals surface area (Å²) in [5.74, 6) is -0.374. The maximum Gasteiger partial charge on any atom is 0.416 e. The summed E-state index contributed by atoms with van der Waals surface area (Å²) < 4.78 is 78.1. The molecular formula is C22H23F6N3O. The number of nitrogens with zero attached hydrogens (tertiary/aromatic N) is 2. The molecule has 3 rings (SSSR count). The van der Waals surface area contributed by atoms with Crippen molar-refractivity contribution in [3.05, 3.63) is 59.2 Å². The predicted octanol–water partition coefficient (Wildman–Crippen LogP) is 5.05. The number of amides is 1. The van der Waals surface area contributed by atoms with E-state index >= 15 is 0 Å². The van der Waals surface area contributed by atoms with Gasteiger partial charge in [0, 0.05) is 51.0 Å². The third kappa shape index (κ3) is 6.15. The van der Waals surface area contributed by atoms with Crippen molar-refractivity contribution in [1.29, 1.82) is 0 Å². The summed E-state index contributed by atoms with van der Waals surface area (Å²) in [5, 5.41) is 2.56. The Kier molecular flexibility index (Phi) is 7.02. The Morgan fingerprint density at radius 2 is 1.53 bits per heavy atom. The molecule has 0 aliphatic carbocycles. The molecule has 1 N–H and O–H groups in total. The van der Waals surface area contributed by atoms with E-state index in [9.17, 15) is 31.1 Å². The van der Waals surface area contributed by atoms with Gasteiger partial charge in [-0.05, 0) is 48.4 Å². The van der Waals surface area contributed by atoms with Crippen LogP contribution in [0.15, 0.2) is 42.5 Å². The van der Waals surface area contributed by atoms with Gasteiger partial charge < -0.3 is 10.2 Å². The average Bonchev–Trinajstić information content (AvgIpc) is 2.72. The highest BCUT2D eigenvalue weighted by Crippen LogP contribution is 2.33. The summed E-state index contributed by atoms with van der Waals surface area (Å²) in [6, 6.07) is 8.40. The van der Waals surface area contributed by atoms with E-state index in [0.717, 1.165) is 24.3 Å². The van der Waals surface area contributed by atoms with Crippen LogP contribution in [0.3, 0.4) is 0 Å². The second-order valence-corrected chi connectivity index (χ2v) is 7.68. The van der Waals surface area contributed by atoms with Gasteiger partial charge in [0.15, 0.2) is 0 Å². The molecule has 1 amide bonds. The van der Waals surface area contributed by atoms with Crippen LogP contribution in [0.4, 0.5) is 37.7 Å². The number of anilines is 2. The van der Waals surface area contributed by atoms with Crippen LogP contribution >= 0.6 is 0 Å². The van der Waals surface area contributed by atoms with Gasteiger partial charge in [0.05, 0.1) is 11.1 Å². The molecule has 174 valence electrons. The van der Waals surface area contributed by atoms with Crippen molar-refractivity contribution in [2.45, 2.75) is 25.7 Å². The van der Waals surface area contributed by atoms with E-state index in [0.29, 0.717) is 56.1 Å². The molecule has 0 bridgehead atoms.